The highest BCUT2D eigenvalue weighted by Gasteiger charge is 2.34. The standard InChI is InChI=1S/C14H9BrN2O4/c1-20-14-11-12(17-21-14)10(18)6-9(13(11)19)16-8-4-2-7(15)3-5-8/h2-6,16H,1H3. The van der Waals surface area contributed by atoms with Crippen LogP contribution >= 0.6 is 15.9 Å². The summed E-state index contributed by atoms with van der Waals surface area (Å²) >= 11 is 3.33. The highest BCUT2D eigenvalue weighted by molar-refractivity contribution is 9.10. The third kappa shape index (κ3) is 2.36. The summed E-state index contributed by atoms with van der Waals surface area (Å²) in [5.74, 6) is -0.867. The number of benzene rings is 1. The van der Waals surface area contributed by atoms with Gasteiger partial charge in [-0.05, 0) is 24.3 Å². The summed E-state index contributed by atoms with van der Waals surface area (Å²) in [4.78, 5) is 24.4. The summed E-state index contributed by atoms with van der Waals surface area (Å²) in [5, 5.41) is 6.48. The second-order valence-electron chi connectivity index (χ2n) is 4.28. The van der Waals surface area contributed by atoms with Crippen LogP contribution in [0.4, 0.5) is 5.69 Å². The molecule has 0 aliphatic heterocycles. The molecule has 0 unspecified atom stereocenters. The number of ether oxygens (including phenoxy) is 1. The lowest BCUT2D eigenvalue weighted by atomic mass is 9.99. The van der Waals surface area contributed by atoms with E-state index in [9.17, 15) is 9.59 Å². The minimum Gasteiger partial charge on any atom is -0.467 e. The van der Waals surface area contributed by atoms with Gasteiger partial charge in [0.1, 0.15) is 5.56 Å². The lowest BCUT2D eigenvalue weighted by Gasteiger charge is -2.13. The normalized spacial score (nSPS) is 13.7. The molecule has 2 aromatic rings. The number of nitrogens with zero attached hydrogens (tertiary/aromatic N) is 1. The van der Waals surface area contributed by atoms with E-state index in [1.54, 1.807) is 12.1 Å². The molecule has 3 rings (SSSR count). The van der Waals surface area contributed by atoms with E-state index in [2.05, 4.69) is 26.4 Å². The van der Waals surface area contributed by atoms with Crippen molar-refractivity contribution in [2.24, 2.45) is 0 Å². The first-order valence-electron chi connectivity index (χ1n) is 5.97. The number of methoxy groups -OCH3 is 1. The Morgan fingerprint density at radius 3 is 2.62 bits per heavy atom. The van der Waals surface area contributed by atoms with Gasteiger partial charge in [-0.1, -0.05) is 21.1 Å². The van der Waals surface area contributed by atoms with Crippen molar-refractivity contribution in [2.45, 2.75) is 0 Å². The second-order valence-corrected chi connectivity index (χ2v) is 5.20. The van der Waals surface area contributed by atoms with Crippen molar-refractivity contribution >= 4 is 33.2 Å². The van der Waals surface area contributed by atoms with Gasteiger partial charge in [-0.15, -0.1) is 0 Å². The Balaban J connectivity index is 1.95. The number of halogens is 1. The third-order valence-corrected chi connectivity index (χ3v) is 3.48. The molecule has 6 nitrogen and oxygen atoms in total. The van der Waals surface area contributed by atoms with Gasteiger partial charge in [0.2, 0.25) is 11.6 Å². The Kier molecular flexibility index (Phi) is 3.34. The molecular weight excluding hydrogens is 340 g/mol. The summed E-state index contributed by atoms with van der Waals surface area (Å²) in [6.45, 7) is 0. The van der Waals surface area contributed by atoms with Gasteiger partial charge < -0.3 is 14.6 Å². The lowest BCUT2D eigenvalue weighted by molar-refractivity contribution is 0.0981. The molecule has 1 aromatic heterocycles. The highest BCUT2D eigenvalue weighted by Crippen LogP contribution is 2.29. The average Bonchev–Trinajstić information content (AvgIpc) is 2.91. The van der Waals surface area contributed by atoms with Gasteiger partial charge in [0.25, 0.3) is 0 Å². The number of allylic oxidation sites excluding steroid dienone is 2. The number of hydrogen-bond donors (Lipinski definition) is 1. The van der Waals surface area contributed by atoms with E-state index in [-0.39, 0.29) is 22.9 Å². The van der Waals surface area contributed by atoms with Crippen LogP contribution in [0.5, 0.6) is 5.95 Å². The fourth-order valence-corrected chi connectivity index (χ4v) is 2.23. The van der Waals surface area contributed by atoms with Gasteiger partial charge >= 0.3 is 5.95 Å². The van der Waals surface area contributed by atoms with Gasteiger partial charge in [0.15, 0.2) is 5.69 Å². The summed E-state index contributed by atoms with van der Waals surface area (Å²) in [6, 6.07) is 7.21. The first kappa shape index (κ1) is 13.6. The zero-order chi connectivity index (χ0) is 15.0. The number of rotatable bonds is 3. The molecule has 0 bridgehead atoms. The number of nitrogens with one attached hydrogen (secondary N) is 1. The first-order chi connectivity index (χ1) is 10.1. The Morgan fingerprint density at radius 2 is 1.95 bits per heavy atom. The number of carbonyl (C=O) groups is 2. The SMILES string of the molecule is COc1onc2c1C(=O)C(Nc1ccc(Br)cc1)=CC2=O. The predicted octanol–water partition coefficient (Wildman–Crippen LogP) is 2.82. The van der Waals surface area contributed by atoms with Gasteiger partial charge in [-0.25, -0.2) is 0 Å². The quantitative estimate of drug-likeness (QED) is 0.918. The van der Waals surface area contributed by atoms with Gasteiger partial charge in [-0.2, -0.15) is 0 Å². The maximum Gasteiger partial charge on any atom is 0.323 e. The second kappa shape index (κ2) is 5.17. The maximum atomic E-state index is 12.4. The molecule has 1 aliphatic rings. The van der Waals surface area contributed by atoms with Crippen molar-refractivity contribution in [3.63, 3.8) is 0 Å². The fourth-order valence-electron chi connectivity index (χ4n) is 1.96. The predicted molar refractivity (Wildman–Crippen MR) is 77.6 cm³/mol. The van der Waals surface area contributed by atoms with Crippen LogP contribution in [0.2, 0.25) is 0 Å². The van der Waals surface area contributed by atoms with Crippen LogP contribution in [0.1, 0.15) is 20.8 Å². The van der Waals surface area contributed by atoms with E-state index >= 15 is 0 Å². The Labute approximate surface area is 127 Å². The van der Waals surface area contributed by atoms with Crippen LogP contribution in [0.3, 0.4) is 0 Å². The number of aromatic nitrogens is 1. The topological polar surface area (TPSA) is 81.4 Å². The Hall–Kier alpha value is -2.41. The van der Waals surface area contributed by atoms with E-state index in [0.29, 0.717) is 5.69 Å². The van der Waals surface area contributed by atoms with Crippen molar-refractivity contribution in [3.05, 3.63) is 51.8 Å². The van der Waals surface area contributed by atoms with E-state index in [1.165, 1.54) is 13.2 Å². The number of anilines is 1. The minimum absolute atomic E-state index is 0.0294. The van der Waals surface area contributed by atoms with Gasteiger partial charge in [0.05, 0.1) is 12.8 Å². The molecule has 21 heavy (non-hydrogen) atoms. The van der Waals surface area contributed by atoms with Crippen LogP contribution < -0.4 is 10.1 Å². The molecule has 0 saturated heterocycles. The van der Waals surface area contributed by atoms with Crippen molar-refractivity contribution in [1.82, 2.24) is 5.16 Å². The molecule has 1 aromatic carbocycles. The summed E-state index contributed by atoms with van der Waals surface area (Å²) < 4.78 is 10.7. The van der Waals surface area contributed by atoms with Crippen molar-refractivity contribution < 1.29 is 18.8 Å². The van der Waals surface area contributed by atoms with Gasteiger partial charge in [0, 0.05) is 16.2 Å². The smallest absolute Gasteiger partial charge is 0.323 e. The van der Waals surface area contributed by atoms with Crippen LogP contribution in [0.15, 0.2) is 45.0 Å². The molecule has 7 heteroatoms. The minimum atomic E-state index is -0.406. The van der Waals surface area contributed by atoms with E-state index in [4.69, 9.17) is 9.26 Å². The molecule has 1 heterocycles. The fraction of sp³-hybridized carbons (Fsp3) is 0.0714. The monoisotopic (exact) mass is 348 g/mol. The average molecular weight is 349 g/mol. The number of fused-ring (bicyclic) bond motifs is 1. The summed E-state index contributed by atoms with van der Waals surface area (Å²) in [5.41, 5.74) is 0.851. The molecule has 0 atom stereocenters. The van der Waals surface area contributed by atoms with Crippen molar-refractivity contribution in [2.75, 3.05) is 12.4 Å². The van der Waals surface area contributed by atoms with Crippen LogP contribution in [-0.4, -0.2) is 23.8 Å². The van der Waals surface area contributed by atoms with E-state index < -0.39 is 11.6 Å². The van der Waals surface area contributed by atoms with E-state index in [0.717, 1.165) is 4.47 Å². The molecule has 0 amide bonds. The van der Waals surface area contributed by atoms with Crippen LogP contribution in [-0.2, 0) is 0 Å². The summed E-state index contributed by atoms with van der Waals surface area (Å²) in [7, 11) is 1.35. The zero-order valence-corrected chi connectivity index (χ0v) is 12.4. The molecule has 0 fully saturated rings. The maximum absolute atomic E-state index is 12.4. The zero-order valence-electron chi connectivity index (χ0n) is 10.8. The van der Waals surface area contributed by atoms with E-state index in [1.807, 2.05) is 12.1 Å². The van der Waals surface area contributed by atoms with Crippen LogP contribution in [0.25, 0.3) is 0 Å². The Bertz CT molecular complexity index is 762. The number of carbonyl (C=O) groups excluding carboxylic acids is 2. The van der Waals surface area contributed by atoms with Gasteiger partial charge in [-0.3, -0.25) is 9.59 Å². The first-order valence-corrected chi connectivity index (χ1v) is 6.76. The third-order valence-electron chi connectivity index (χ3n) is 2.95. The van der Waals surface area contributed by atoms with Crippen LogP contribution in [0, 0.1) is 0 Å². The largest absolute Gasteiger partial charge is 0.467 e. The Morgan fingerprint density at radius 1 is 1.24 bits per heavy atom. The molecule has 1 N–H and O–H groups in total. The molecule has 106 valence electrons. The molecule has 0 saturated carbocycles. The number of hydrogen-bond acceptors (Lipinski definition) is 6. The van der Waals surface area contributed by atoms with Crippen molar-refractivity contribution in [3.8, 4) is 5.95 Å². The molecule has 0 radical (unpaired) electrons. The van der Waals surface area contributed by atoms with Crippen molar-refractivity contribution in [1.29, 1.82) is 0 Å². The molecule has 0 spiro atoms. The summed E-state index contributed by atoms with van der Waals surface area (Å²) in [6.07, 6.45) is 1.20. The molecular formula is C14H9BrN2O4. The highest BCUT2D eigenvalue weighted by atomic mass is 79.9. The lowest BCUT2D eigenvalue weighted by Crippen LogP contribution is -2.21. The molecule has 1 aliphatic carbocycles. The number of ketones is 2. The number of Topliss-reactive ketones (excluding diaryl/α,β-unsaturated/α-hetero) is 1.